The van der Waals surface area contributed by atoms with Gasteiger partial charge in [-0.2, -0.15) is 5.10 Å². The molecule has 0 aliphatic heterocycles. The summed E-state index contributed by atoms with van der Waals surface area (Å²) in [4.78, 5) is 11.8. The van der Waals surface area contributed by atoms with Crippen molar-refractivity contribution in [1.82, 2.24) is 9.78 Å². The van der Waals surface area contributed by atoms with Gasteiger partial charge in [0.25, 0.3) is 5.56 Å². The summed E-state index contributed by atoms with van der Waals surface area (Å²) >= 11 is 11.5. The van der Waals surface area contributed by atoms with Crippen molar-refractivity contribution in [3.63, 3.8) is 0 Å². The van der Waals surface area contributed by atoms with Crippen LogP contribution >= 0.6 is 23.2 Å². The molecule has 0 spiro atoms. The third-order valence-corrected chi connectivity index (χ3v) is 3.43. The molecule has 110 valence electrons. The molecule has 0 saturated carbocycles. The van der Waals surface area contributed by atoms with Gasteiger partial charge in [-0.1, -0.05) is 23.2 Å². The molecule has 0 amide bonds. The van der Waals surface area contributed by atoms with E-state index in [2.05, 4.69) is 5.10 Å². The van der Waals surface area contributed by atoms with Gasteiger partial charge in [-0.3, -0.25) is 4.79 Å². The lowest BCUT2D eigenvalue weighted by molar-refractivity contribution is 0.394. The van der Waals surface area contributed by atoms with Crippen LogP contribution in [0.25, 0.3) is 12.3 Å². The van der Waals surface area contributed by atoms with Gasteiger partial charge in [0.2, 0.25) is 0 Å². The molecule has 0 fully saturated rings. The van der Waals surface area contributed by atoms with Crippen LogP contribution in [0.4, 0.5) is 0 Å². The van der Waals surface area contributed by atoms with Crippen LogP contribution < -0.4 is 15.0 Å². The van der Waals surface area contributed by atoms with E-state index in [9.17, 15) is 4.79 Å². The zero-order valence-corrected chi connectivity index (χ0v) is 12.9. The highest BCUT2D eigenvalue weighted by atomic mass is 35.5. The Morgan fingerprint density at radius 1 is 1.14 bits per heavy atom. The number of benzene rings is 1. The molecule has 0 atom stereocenters. The average molecular weight is 327 g/mol. The number of hydrogen-bond donors (Lipinski definition) is 0. The lowest BCUT2D eigenvalue weighted by Crippen LogP contribution is -2.18. The maximum absolute atomic E-state index is 11.8. The third kappa shape index (κ3) is 3.56. The lowest BCUT2D eigenvalue weighted by Gasteiger charge is -2.06. The Kier molecular flexibility index (Phi) is 4.88. The zero-order valence-electron chi connectivity index (χ0n) is 11.3. The molecule has 21 heavy (non-hydrogen) atoms. The summed E-state index contributed by atoms with van der Waals surface area (Å²) in [7, 11) is 3.13. The van der Waals surface area contributed by atoms with E-state index in [4.69, 9.17) is 32.7 Å². The molecule has 0 radical (unpaired) electrons. The number of hydrogen-bond acceptors (Lipinski definition) is 4. The van der Waals surface area contributed by atoms with Crippen LogP contribution in [0, 0.1) is 0 Å². The number of methoxy groups -OCH3 is 2. The average Bonchev–Trinajstić information content (AvgIpc) is 2.51. The van der Waals surface area contributed by atoms with Crippen molar-refractivity contribution >= 4 is 35.5 Å². The number of nitrogens with zero attached hydrogens (tertiary/aromatic N) is 2. The van der Waals surface area contributed by atoms with Crippen LogP contribution in [0.3, 0.4) is 0 Å². The van der Waals surface area contributed by atoms with Gasteiger partial charge in [-0.25, -0.2) is 4.68 Å². The summed E-state index contributed by atoms with van der Waals surface area (Å²) in [5.41, 5.74) is 0.293. The molecule has 5 nitrogen and oxygen atoms in total. The molecule has 0 saturated heterocycles. The summed E-state index contributed by atoms with van der Waals surface area (Å²) in [6.45, 7) is 0. The van der Waals surface area contributed by atoms with Crippen LogP contribution in [0.2, 0.25) is 10.0 Å². The molecule has 1 aromatic heterocycles. The summed E-state index contributed by atoms with van der Waals surface area (Å²) in [6.07, 6.45) is 4.48. The van der Waals surface area contributed by atoms with Crippen molar-refractivity contribution in [3.8, 4) is 11.5 Å². The molecule has 0 aliphatic rings. The van der Waals surface area contributed by atoms with Gasteiger partial charge in [0.1, 0.15) is 16.5 Å². The predicted octanol–water partition coefficient (Wildman–Crippen LogP) is 3.20. The lowest BCUT2D eigenvalue weighted by atomic mass is 10.2. The van der Waals surface area contributed by atoms with Gasteiger partial charge in [-0.05, 0) is 23.8 Å². The van der Waals surface area contributed by atoms with Crippen molar-refractivity contribution in [3.05, 3.63) is 50.4 Å². The van der Waals surface area contributed by atoms with Crippen molar-refractivity contribution < 1.29 is 9.47 Å². The highest BCUT2D eigenvalue weighted by Gasteiger charge is 2.05. The van der Waals surface area contributed by atoms with Crippen LogP contribution in [-0.2, 0) is 0 Å². The van der Waals surface area contributed by atoms with E-state index in [1.165, 1.54) is 12.4 Å². The normalized spacial score (nSPS) is 10.9. The molecule has 2 rings (SSSR count). The first-order valence-electron chi connectivity index (χ1n) is 5.89. The minimum absolute atomic E-state index is 0.0699. The predicted molar refractivity (Wildman–Crippen MR) is 83.3 cm³/mol. The van der Waals surface area contributed by atoms with E-state index >= 15 is 0 Å². The number of rotatable bonds is 4. The van der Waals surface area contributed by atoms with Gasteiger partial charge < -0.3 is 9.47 Å². The van der Waals surface area contributed by atoms with Gasteiger partial charge in [0.15, 0.2) is 0 Å². The van der Waals surface area contributed by atoms with E-state index < -0.39 is 5.56 Å². The zero-order chi connectivity index (χ0) is 15.4. The topological polar surface area (TPSA) is 53.4 Å². The summed E-state index contributed by atoms with van der Waals surface area (Å²) in [5.74, 6) is 1.28. The SMILES string of the molecule is COc1cc(/C=C/n2ncc(Cl)c(Cl)c2=O)cc(OC)c1. The first-order chi connectivity index (χ1) is 10.0. The summed E-state index contributed by atoms with van der Waals surface area (Å²) < 4.78 is 11.4. The highest BCUT2D eigenvalue weighted by Crippen LogP contribution is 2.23. The number of halogens is 2. The molecule has 7 heteroatoms. The van der Waals surface area contributed by atoms with E-state index in [0.29, 0.717) is 11.5 Å². The second kappa shape index (κ2) is 6.65. The van der Waals surface area contributed by atoms with Crippen LogP contribution in [0.1, 0.15) is 5.56 Å². The van der Waals surface area contributed by atoms with Gasteiger partial charge in [-0.15, -0.1) is 0 Å². The molecular weight excluding hydrogens is 315 g/mol. The van der Waals surface area contributed by atoms with Crippen LogP contribution in [-0.4, -0.2) is 24.0 Å². The van der Waals surface area contributed by atoms with Gasteiger partial charge in [0.05, 0.1) is 25.4 Å². The maximum Gasteiger partial charge on any atom is 0.291 e. The molecular formula is C14H12Cl2N2O3. The fraction of sp³-hybridized carbons (Fsp3) is 0.143. The van der Waals surface area contributed by atoms with Gasteiger partial charge in [0, 0.05) is 12.3 Å². The number of aromatic nitrogens is 2. The molecule has 0 aliphatic carbocycles. The van der Waals surface area contributed by atoms with E-state index in [-0.39, 0.29) is 10.0 Å². The Morgan fingerprint density at radius 2 is 1.76 bits per heavy atom. The maximum atomic E-state index is 11.8. The second-order valence-corrected chi connectivity index (χ2v) is 4.80. The Balaban J connectivity index is 2.38. The Hall–Kier alpha value is -1.98. The first kappa shape index (κ1) is 15.4. The summed E-state index contributed by atoms with van der Waals surface area (Å²) in [6, 6.07) is 5.34. The largest absolute Gasteiger partial charge is 0.497 e. The fourth-order valence-electron chi connectivity index (χ4n) is 1.61. The molecule has 0 unspecified atom stereocenters. The fourth-order valence-corrected chi connectivity index (χ4v) is 1.87. The van der Waals surface area contributed by atoms with Crippen molar-refractivity contribution in [2.75, 3.05) is 14.2 Å². The van der Waals surface area contributed by atoms with Crippen LogP contribution in [0.15, 0.2) is 29.2 Å². The molecule has 1 heterocycles. The van der Waals surface area contributed by atoms with Crippen molar-refractivity contribution in [2.24, 2.45) is 0 Å². The van der Waals surface area contributed by atoms with Crippen molar-refractivity contribution in [1.29, 1.82) is 0 Å². The molecule has 0 bridgehead atoms. The van der Waals surface area contributed by atoms with E-state index in [1.807, 2.05) is 0 Å². The van der Waals surface area contributed by atoms with Crippen LogP contribution in [0.5, 0.6) is 11.5 Å². The third-order valence-electron chi connectivity index (χ3n) is 2.68. The quantitative estimate of drug-likeness (QED) is 0.865. The Morgan fingerprint density at radius 3 is 2.33 bits per heavy atom. The smallest absolute Gasteiger partial charge is 0.291 e. The molecule has 1 aromatic carbocycles. The molecule has 2 aromatic rings. The Bertz CT molecular complexity index is 719. The highest BCUT2D eigenvalue weighted by molar-refractivity contribution is 6.41. The van der Waals surface area contributed by atoms with E-state index in [0.717, 1.165) is 10.2 Å². The van der Waals surface area contributed by atoms with Crippen molar-refractivity contribution in [2.45, 2.75) is 0 Å². The minimum atomic E-state index is -0.490. The van der Waals surface area contributed by atoms with E-state index in [1.54, 1.807) is 38.5 Å². The van der Waals surface area contributed by atoms with Gasteiger partial charge >= 0.3 is 0 Å². The summed E-state index contributed by atoms with van der Waals surface area (Å²) in [5, 5.41) is 3.93. The second-order valence-electron chi connectivity index (χ2n) is 4.02. The monoisotopic (exact) mass is 326 g/mol. The Labute approximate surface area is 131 Å². The molecule has 0 N–H and O–H groups in total. The standard InChI is InChI=1S/C14H12Cl2N2O3/c1-20-10-5-9(6-11(7-10)21-2)3-4-18-14(19)13(16)12(15)8-17-18/h3-8H,1-2H3/b4-3+. The first-order valence-corrected chi connectivity index (χ1v) is 6.65. The minimum Gasteiger partial charge on any atom is -0.497 e. The number of ether oxygens (including phenoxy) is 2.